The second-order valence-electron chi connectivity index (χ2n) is 4.55. The molecule has 0 fully saturated rings. The quantitative estimate of drug-likeness (QED) is 0.725. The summed E-state index contributed by atoms with van der Waals surface area (Å²) in [5.74, 6) is 1.30. The van der Waals surface area contributed by atoms with Crippen molar-refractivity contribution in [2.24, 2.45) is 0 Å². The van der Waals surface area contributed by atoms with Gasteiger partial charge in [-0.1, -0.05) is 29.4 Å². The summed E-state index contributed by atoms with van der Waals surface area (Å²) in [5, 5.41) is 5.10. The number of benzene rings is 2. The third-order valence-corrected chi connectivity index (χ3v) is 3.38. The molecule has 0 aliphatic carbocycles. The van der Waals surface area contributed by atoms with Crippen molar-refractivity contribution in [3.05, 3.63) is 42.0 Å². The van der Waals surface area contributed by atoms with Gasteiger partial charge in [0, 0.05) is 11.6 Å². The molecule has 0 aliphatic rings. The largest absolute Gasteiger partial charge is 0.493 e. The van der Waals surface area contributed by atoms with E-state index in [2.05, 4.69) is 18.1 Å². The second kappa shape index (κ2) is 4.89. The Labute approximate surface area is 116 Å². The van der Waals surface area contributed by atoms with Crippen LogP contribution in [0.3, 0.4) is 0 Å². The minimum absolute atomic E-state index is 0.632. The smallest absolute Gasteiger partial charge is 0.171 e. The van der Waals surface area contributed by atoms with Crippen molar-refractivity contribution in [3.63, 3.8) is 0 Å². The molecule has 0 unspecified atom stereocenters. The Hall–Kier alpha value is -2.49. The molecular weight excluding hydrogens is 254 g/mol. The van der Waals surface area contributed by atoms with Gasteiger partial charge < -0.3 is 14.0 Å². The van der Waals surface area contributed by atoms with Crippen LogP contribution in [0.1, 0.15) is 5.56 Å². The first-order valence-electron chi connectivity index (χ1n) is 6.32. The summed E-state index contributed by atoms with van der Waals surface area (Å²) >= 11 is 0. The van der Waals surface area contributed by atoms with Crippen LogP contribution in [-0.4, -0.2) is 19.4 Å². The molecule has 4 heteroatoms. The van der Waals surface area contributed by atoms with Gasteiger partial charge in [0.15, 0.2) is 17.1 Å². The Morgan fingerprint density at radius 1 is 1.00 bits per heavy atom. The van der Waals surface area contributed by atoms with E-state index in [1.54, 1.807) is 20.3 Å². The van der Waals surface area contributed by atoms with Crippen molar-refractivity contribution in [2.75, 3.05) is 14.2 Å². The number of hydrogen-bond donors (Lipinski definition) is 0. The van der Waals surface area contributed by atoms with Crippen molar-refractivity contribution < 1.29 is 14.0 Å². The van der Waals surface area contributed by atoms with Crippen molar-refractivity contribution in [1.29, 1.82) is 0 Å². The maximum absolute atomic E-state index is 5.41. The summed E-state index contributed by atoms with van der Waals surface area (Å²) in [7, 11) is 3.22. The highest BCUT2D eigenvalue weighted by Gasteiger charge is 2.16. The molecule has 0 saturated carbocycles. The first-order chi connectivity index (χ1) is 9.74. The highest BCUT2D eigenvalue weighted by molar-refractivity contribution is 5.94. The van der Waals surface area contributed by atoms with Gasteiger partial charge in [-0.25, -0.2) is 0 Å². The summed E-state index contributed by atoms with van der Waals surface area (Å²) in [4.78, 5) is 0. The van der Waals surface area contributed by atoms with Crippen molar-refractivity contribution in [2.45, 2.75) is 6.92 Å². The molecule has 0 radical (unpaired) electrons. The van der Waals surface area contributed by atoms with E-state index in [4.69, 9.17) is 14.0 Å². The summed E-state index contributed by atoms with van der Waals surface area (Å²) in [6.45, 7) is 2.05. The van der Waals surface area contributed by atoms with E-state index in [0.717, 1.165) is 22.2 Å². The number of aromatic nitrogens is 1. The van der Waals surface area contributed by atoms with Gasteiger partial charge in [-0.05, 0) is 18.6 Å². The van der Waals surface area contributed by atoms with Crippen LogP contribution < -0.4 is 9.47 Å². The third-order valence-electron chi connectivity index (χ3n) is 3.38. The van der Waals surface area contributed by atoms with E-state index < -0.39 is 0 Å². The first kappa shape index (κ1) is 12.5. The Balaban J connectivity index is 2.26. The number of hydrogen-bond acceptors (Lipinski definition) is 4. The van der Waals surface area contributed by atoms with E-state index in [1.807, 2.05) is 24.3 Å². The third kappa shape index (κ3) is 1.90. The average Bonchev–Trinajstić information content (AvgIpc) is 2.89. The molecule has 0 bridgehead atoms. The molecule has 2 aromatic carbocycles. The molecule has 3 rings (SSSR count). The SMILES string of the molecule is COc1cc2onc(-c3ccccc3C)c2cc1OC. The predicted octanol–water partition coefficient (Wildman–Crippen LogP) is 3.82. The maximum Gasteiger partial charge on any atom is 0.171 e. The Bertz CT molecular complexity index is 762. The maximum atomic E-state index is 5.41. The molecule has 0 spiro atoms. The van der Waals surface area contributed by atoms with Crippen LogP contribution in [-0.2, 0) is 0 Å². The second-order valence-corrected chi connectivity index (χ2v) is 4.55. The van der Waals surface area contributed by atoms with Gasteiger partial charge in [0.25, 0.3) is 0 Å². The molecule has 0 amide bonds. The number of fused-ring (bicyclic) bond motifs is 1. The van der Waals surface area contributed by atoms with Crippen LogP contribution in [0.25, 0.3) is 22.2 Å². The van der Waals surface area contributed by atoms with Crippen LogP contribution in [0.5, 0.6) is 11.5 Å². The van der Waals surface area contributed by atoms with Crippen molar-refractivity contribution >= 4 is 11.0 Å². The van der Waals surface area contributed by atoms with E-state index in [1.165, 1.54) is 0 Å². The Morgan fingerprint density at radius 3 is 2.40 bits per heavy atom. The van der Waals surface area contributed by atoms with Crippen LogP contribution in [0.2, 0.25) is 0 Å². The van der Waals surface area contributed by atoms with Crippen molar-refractivity contribution in [1.82, 2.24) is 5.16 Å². The molecule has 102 valence electrons. The van der Waals surface area contributed by atoms with Crippen LogP contribution in [0.4, 0.5) is 0 Å². The number of rotatable bonds is 3. The minimum Gasteiger partial charge on any atom is -0.493 e. The fraction of sp³-hybridized carbons (Fsp3) is 0.188. The van der Waals surface area contributed by atoms with Gasteiger partial charge >= 0.3 is 0 Å². The molecular formula is C16H15NO3. The molecule has 4 nitrogen and oxygen atoms in total. The van der Waals surface area contributed by atoms with Gasteiger partial charge in [0.05, 0.1) is 19.6 Å². The molecule has 0 atom stereocenters. The molecule has 20 heavy (non-hydrogen) atoms. The summed E-state index contributed by atoms with van der Waals surface area (Å²) in [6.07, 6.45) is 0. The zero-order chi connectivity index (χ0) is 14.1. The fourth-order valence-electron chi connectivity index (χ4n) is 2.30. The van der Waals surface area contributed by atoms with E-state index in [-0.39, 0.29) is 0 Å². The fourth-order valence-corrected chi connectivity index (χ4v) is 2.30. The number of ether oxygens (including phenoxy) is 2. The van der Waals surface area contributed by atoms with E-state index in [9.17, 15) is 0 Å². The van der Waals surface area contributed by atoms with Gasteiger partial charge in [-0.2, -0.15) is 0 Å². The molecule has 3 aromatic rings. The monoisotopic (exact) mass is 269 g/mol. The summed E-state index contributed by atoms with van der Waals surface area (Å²) in [6, 6.07) is 11.8. The predicted molar refractivity (Wildman–Crippen MR) is 77.3 cm³/mol. The van der Waals surface area contributed by atoms with Gasteiger partial charge in [-0.3, -0.25) is 0 Å². The van der Waals surface area contributed by atoms with Crippen LogP contribution in [0.15, 0.2) is 40.9 Å². The topological polar surface area (TPSA) is 44.5 Å². The lowest BCUT2D eigenvalue weighted by atomic mass is 10.0. The first-order valence-corrected chi connectivity index (χ1v) is 6.32. The summed E-state index contributed by atoms with van der Waals surface area (Å²) in [5.41, 5.74) is 3.70. The van der Waals surface area contributed by atoms with E-state index >= 15 is 0 Å². The number of methoxy groups -OCH3 is 2. The van der Waals surface area contributed by atoms with Gasteiger partial charge in [-0.15, -0.1) is 0 Å². The zero-order valence-corrected chi connectivity index (χ0v) is 11.6. The number of aryl methyl sites for hydroxylation is 1. The highest BCUT2D eigenvalue weighted by atomic mass is 16.5. The zero-order valence-electron chi connectivity index (χ0n) is 11.6. The lowest BCUT2D eigenvalue weighted by Gasteiger charge is -2.07. The van der Waals surface area contributed by atoms with Crippen LogP contribution >= 0.6 is 0 Å². The van der Waals surface area contributed by atoms with Gasteiger partial charge in [0.2, 0.25) is 0 Å². The standard InChI is InChI=1S/C16H15NO3/c1-10-6-4-5-7-11(10)16-12-8-14(18-2)15(19-3)9-13(12)20-17-16/h4-9H,1-3H3. The Kier molecular flexibility index (Phi) is 3.06. The lowest BCUT2D eigenvalue weighted by Crippen LogP contribution is -1.90. The lowest BCUT2D eigenvalue weighted by molar-refractivity contribution is 0.354. The minimum atomic E-state index is 0.632. The van der Waals surface area contributed by atoms with Gasteiger partial charge in [0.1, 0.15) is 5.69 Å². The molecule has 1 aromatic heterocycles. The summed E-state index contributed by atoms with van der Waals surface area (Å²) < 4.78 is 16.0. The van der Waals surface area contributed by atoms with Crippen molar-refractivity contribution in [3.8, 4) is 22.8 Å². The Morgan fingerprint density at radius 2 is 1.70 bits per heavy atom. The molecule has 0 aliphatic heterocycles. The molecule has 0 N–H and O–H groups in total. The molecule has 0 saturated heterocycles. The van der Waals surface area contributed by atoms with Crippen LogP contribution in [0, 0.1) is 6.92 Å². The van der Waals surface area contributed by atoms with E-state index in [0.29, 0.717) is 17.1 Å². The highest BCUT2D eigenvalue weighted by Crippen LogP contribution is 2.37. The molecule has 1 heterocycles. The average molecular weight is 269 g/mol. The number of nitrogens with zero attached hydrogens (tertiary/aromatic N) is 1. The normalized spacial score (nSPS) is 10.8.